The van der Waals surface area contributed by atoms with Gasteiger partial charge >= 0.3 is 12.0 Å². The number of nitrogens with zero attached hydrogens (tertiary/aromatic N) is 2. The Morgan fingerprint density at radius 3 is 2.86 bits per heavy atom. The van der Waals surface area contributed by atoms with Crippen LogP contribution in [0.4, 0.5) is 4.79 Å². The van der Waals surface area contributed by atoms with Crippen LogP contribution >= 0.6 is 0 Å². The van der Waals surface area contributed by atoms with Crippen molar-refractivity contribution in [3.05, 3.63) is 35.4 Å². The van der Waals surface area contributed by atoms with Crippen LogP contribution in [0.25, 0.3) is 0 Å². The fraction of sp³-hybridized carbons (Fsp3) is 0.286. The predicted molar refractivity (Wildman–Crippen MR) is 71.1 cm³/mol. The van der Waals surface area contributed by atoms with E-state index in [2.05, 4.69) is 5.32 Å². The van der Waals surface area contributed by atoms with E-state index in [1.54, 1.807) is 12.1 Å². The number of hydrogen-bond donors (Lipinski definition) is 1. The second-order valence-corrected chi connectivity index (χ2v) is 4.46. The second-order valence-electron chi connectivity index (χ2n) is 4.46. The Morgan fingerprint density at radius 2 is 2.24 bits per heavy atom. The molecule has 0 unspecified atom stereocenters. The minimum atomic E-state index is -1.08. The fourth-order valence-corrected chi connectivity index (χ4v) is 1.90. The Labute approximate surface area is 121 Å². The molecule has 7 heteroatoms. The first-order valence-electron chi connectivity index (χ1n) is 6.33. The van der Waals surface area contributed by atoms with Gasteiger partial charge < -0.3 is 10.1 Å². The highest BCUT2D eigenvalue weighted by molar-refractivity contribution is 5.99. The van der Waals surface area contributed by atoms with Gasteiger partial charge in [0.1, 0.15) is 0 Å². The maximum Gasteiger partial charge on any atom is 0.338 e. The van der Waals surface area contributed by atoms with E-state index < -0.39 is 24.0 Å². The maximum atomic E-state index is 12.0. The molecular formula is C14H13N3O4. The van der Waals surface area contributed by atoms with Gasteiger partial charge in [0.05, 0.1) is 17.2 Å². The summed E-state index contributed by atoms with van der Waals surface area (Å²) in [6.45, 7) is 2.04. The quantitative estimate of drug-likeness (QED) is 0.823. The predicted octanol–water partition coefficient (Wildman–Crippen LogP) is 0.655. The lowest BCUT2D eigenvalue weighted by Gasteiger charge is -2.18. The molecule has 1 aromatic rings. The van der Waals surface area contributed by atoms with E-state index in [-0.39, 0.29) is 12.1 Å². The molecule has 108 valence electrons. The van der Waals surface area contributed by atoms with Gasteiger partial charge in [-0.05, 0) is 25.1 Å². The third kappa shape index (κ3) is 3.17. The van der Waals surface area contributed by atoms with Crippen molar-refractivity contribution in [1.29, 1.82) is 5.26 Å². The van der Waals surface area contributed by atoms with Crippen LogP contribution in [0.15, 0.2) is 24.3 Å². The van der Waals surface area contributed by atoms with Gasteiger partial charge in [0.2, 0.25) is 0 Å². The standard InChI is InChI=1S/C14H13N3O4/c1-9(12(18)17-6-5-16-14(17)20)21-13(19)11-4-2-3-10(7-11)8-15/h2-4,7,9H,5-6H2,1H3,(H,16,20)/t9-/m1/s1. The Morgan fingerprint density at radius 1 is 1.48 bits per heavy atom. The Hall–Kier alpha value is -2.88. The molecule has 1 aromatic carbocycles. The topological polar surface area (TPSA) is 99.5 Å². The van der Waals surface area contributed by atoms with Crippen molar-refractivity contribution in [1.82, 2.24) is 10.2 Å². The minimum absolute atomic E-state index is 0.180. The summed E-state index contributed by atoms with van der Waals surface area (Å²) >= 11 is 0. The van der Waals surface area contributed by atoms with Crippen LogP contribution in [0, 0.1) is 11.3 Å². The first kappa shape index (κ1) is 14.5. The summed E-state index contributed by atoms with van der Waals surface area (Å²) < 4.78 is 5.04. The zero-order chi connectivity index (χ0) is 15.4. The molecule has 0 spiro atoms. The van der Waals surface area contributed by atoms with Crippen molar-refractivity contribution in [2.45, 2.75) is 13.0 Å². The van der Waals surface area contributed by atoms with E-state index >= 15 is 0 Å². The van der Waals surface area contributed by atoms with Crippen LogP contribution < -0.4 is 5.32 Å². The molecule has 1 N–H and O–H groups in total. The molecule has 0 aliphatic carbocycles. The number of hydrogen-bond acceptors (Lipinski definition) is 5. The molecule has 1 fully saturated rings. The van der Waals surface area contributed by atoms with Gasteiger partial charge in [-0.15, -0.1) is 0 Å². The zero-order valence-electron chi connectivity index (χ0n) is 11.3. The number of rotatable bonds is 3. The fourth-order valence-electron chi connectivity index (χ4n) is 1.90. The lowest BCUT2D eigenvalue weighted by Crippen LogP contribution is -2.41. The highest BCUT2D eigenvalue weighted by Crippen LogP contribution is 2.10. The summed E-state index contributed by atoms with van der Waals surface area (Å²) in [6, 6.07) is 7.39. The van der Waals surface area contributed by atoms with E-state index in [0.717, 1.165) is 4.90 Å². The van der Waals surface area contributed by atoms with E-state index in [0.29, 0.717) is 12.1 Å². The average Bonchev–Trinajstić information content (AvgIpc) is 2.92. The van der Waals surface area contributed by atoms with Gasteiger partial charge in [0, 0.05) is 13.1 Å². The van der Waals surface area contributed by atoms with Gasteiger partial charge in [0.15, 0.2) is 6.10 Å². The number of imide groups is 1. The first-order chi connectivity index (χ1) is 10.0. The van der Waals surface area contributed by atoms with Gasteiger partial charge in [-0.1, -0.05) is 6.07 Å². The van der Waals surface area contributed by atoms with Crippen molar-refractivity contribution < 1.29 is 19.1 Å². The number of ether oxygens (including phenoxy) is 1. The third-order valence-electron chi connectivity index (χ3n) is 2.98. The number of amides is 3. The van der Waals surface area contributed by atoms with Gasteiger partial charge in [-0.3, -0.25) is 9.69 Å². The second kappa shape index (κ2) is 6.05. The molecule has 7 nitrogen and oxygen atoms in total. The summed E-state index contributed by atoms with van der Waals surface area (Å²) in [7, 11) is 0. The van der Waals surface area contributed by atoms with Crippen LogP contribution in [-0.4, -0.2) is 42.0 Å². The molecule has 2 rings (SSSR count). The smallest absolute Gasteiger partial charge is 0.338 e. The highest BCUT2D eigenvalue weighted by atomic mass is 16.5. The number of urea groups is 1. The van der Waals surface area contributed by atoms with Crippen molar-refractivity contribution in [2.24, 2.45) is 0 Å². The van der Waals surface area contributed by atoms with Crippen LogP contribution in [0.1, 0.15) is 22.8 Å². The number of benzene rings is 1. The highest BCUT2D eigenvalue weighted by Gasteiger charge is 2.31. The van der Waals surface area contributed by atoms with Crippen LogP contribution in [0.5, 0.6) is 0 Å². The van der Waals surface area contributed by atoms with Crippen LogP contribution in [0.2, 0.25) is 0 Å². The van der Waals surface area contributed by atoms with E-state index in [1.165, 1.54) is 19.1 Å². The summed E-state index contributed by atoms with van der Waals surface area (Å²) in [4.78, 5) is 36.3. The number of nitriles is 1. The molecule has 0 radical (unpaired) electrons. The molecule has 1 aliphatic heterocycles. The number of nitrogens with one attached hydrogen (secondary N) is 1. The summed E-state index contributed by atoms with van der Waals surface area (Å²) in [5.74, 6) is -1.29. The molecule has 1 saturated heterocycles. The molecular weight excluding hydrogens is 274 g/mol. The van der Waals surface area contributed by atoms with Crippen molar-refractivity contribution in [3.8, 4) is 6.07 Å². The van der Waals surface area contributed by atoms with Crippen molar-refractivity contribution >= 4 is 17.9 Å². The Bertz CT molecular complexity index is 635. The zero-order valence-corrected chi connectivity index (χ0v) is 11.3. The molecule has 21 heavy (non-hydrogen) atoms. The first-order valence-corrected chi connectivity index (χ1v) is 6.33. The third-order valence-corrected chi connectivity index (χ3v) is 2.98. The molecule has 0 aromatic heterocycles. The van der Waals surface area contributed by atoms with E-state index in [9.17, 15) is 14.4 Å². The van der Waals surface area contributed by atoms with Crippen molar-refractivity contribution in [3.63, 3.8) is 0 Å². The van der Waals surface area contributed by atoms with Gasteiger partial charge in [-0.25, -0.2) is 9.59 Å². The summed E-state index contributed by atoms with van der Waals surface area (Å²) in [6.07, 6.45) is -1.08. The largest absolute Gasteiger partial charge is 0.449 e. The summed E-state index contributed by atoms with van der Waals surface area (Å²) in [5.41, 5.74) is 0.502. The molecule has 1 atom stereocenters. The Kier molecular flexibility index (Phi) is 4.18. The van der Waals surface area contributed by atoms with Gasteiger partial charge in [-0.2, -0.15) is 5.26 Å². The molecule has 0 saturated carbocycles. The lowest BCUT2D eigenvalue weighted by atomic mass is 10.1. The SMILES string of the molecule is C[C@@H](OC(=O)c1cccc(C#N)c1)C(=O)N1CCNC1=O. The lowest BCUT2D eigenvalue weighted by molar-refractivity contribution is -0.136. The van der Waals surface area contributed by atoms with E-state index in [1.807, 2.05) is 6.07 Å². The van der Waals surface area contributed by atoms with Crippen LogP contribution in [-0.2, 0) is 9.53 Å². The van der Waals surface area contributed by atoms with Crippen molar-refractivity contribution in [2.75, 3.05) is 13.1 Å². The molecule has 1 heterocycles. The molecule has 1 aliphatic rings. The molecule has 3 amide bonds. The molecule has 0 bridgehead atoms. The minimum Gasteiger partial charge on any atom is -0.449 e. The number of carbonyl (C=O) groups is 3. The normalized spacial score (nSPS) is 15.0. The number of esters is 1. The van der Waals surface area contributed by atoms with Crippen LogP contribution in [0.3, 0.4) is 0 Å². The average molecular weight is 287 g/mol. The Balaban J connectivity index is 2.03. The number of carbonyl (C=O) groups excluding carboxylic acids is 3. The van der Waals surface area contributed by atoms with Gasteiger partial charge in [0.25, 0.3) is 5.91 Å². The maximum absolute atomic E-state index is 12.0. The summed E-state index contributed by atoms with van der Waals surface area (Å²) in [5, 5.41) is 11.3. The van der Waals surface area contributed by atoms with E-state index in [4.69, 9.17) is 10.00 Å². The monoisotopic (exact) mass is 287 g/mol.